The zero-order valence-corrected chi connectivity index (χ0v) is 26.1. The van der Waals surface area contributed by atoms with E-state index in [2.05, 4.69) is 100 Å². The van der Waals surface area contributed by atoms with Gasteiger partial charge < -0.3 is 20.6 Å². The van der Waals surface area contributed by atoms with E-state index >= 15 is 0 Å². The first-order chi connectivity index (χ1) is 19.5. The molecule has 214 valence electrons. The Balaban J connectivity index is 1.86. The Hall–Kier alpha value is -3.14. The summed E-state index contributed by atoms with van der Waals surface area (Å²) in [5.41, 5.74) is 16.9. The number of rotatable bonds is 8. The van der Waals surface area contributed by atoms with Gasteiger partial charge in [0.1, 0.15) is 0 Å². The van der Waals surface area contributed by atoms with Gasteiger partial charge in [0.25, 0.3) is 0 Å². The first kappa shape index (κ1) is 28.4. The first-order valence-corrected chi connectivity index (χ1v) is 16.0. The molecule has 0 radical (unpaired) electrons. The van der Waals surface area contributed by atoms with Gasteiger partial charge in [0.05, 0.1) is 12.1 Å². The number of aromatic nitrogens is 2. The van der Waals surface area contributed by atoms with Crippen molar-refractivity contribution in [2.75, 3.05) is 0 Å². The third-order valence-electron chi connectivity index (χ3n) is 9.49. The Labute approximate surface area is 241 Å². The van der Waals surface area contributed by atoms with E-state index in [1.165, 1.54) is 78.0 Å². The average molecular weight is 539 g/mol. The van der Waals surface area contributed by atoms with Crippen molar-refractivity contribution >= 4 is 24.3 Å². The van der Waals surface area contributed by atoms with Crippen LogP contribution in [-0.4, -0.2) is 22.1 Å². The number of fused-ring (bicyclic) bond motifs is 8. The molecule has 0 fully saturated rings. The highest BCUT2D eigenvalue weighted by Gasteiger charge is 2.29. The van der Waals surface area contributed by atoms with E-state index in [-0.39, 0.29) is 12.1 Å². The maximum atomic E-state index is 3.96. The molecule has 5 rings (SSSR count). The molecule has 0 saturated carbocycles. The molecule has 0 amide bonds. The summed E-state index contributed by atoms with van der Waals surface area (Å²) >= 11 is 0. The number of nitrogens with one attached hydrogen (secondary N) is 4. The third kappa shape index (κ3) is 4.63. The van der Waals surface area contributed by atoms with E-state index < -0.39 is 0 Å². The molecular formula is C36H50N4. The molecule has 0 spiro atoms. The summed E-state index contributed by atoms with van der Waals surface area (Å²) in [6.45, 7) is 18.4. The summed E-state index contributed by atoms with van der Waals surface area (Å²) in [7, 11) is 0. The van der Waals surface area contributed by atoms with E-state index in [0.29, 0.717) is 0 Å². The summed E-state index contributed by atoms with van der Waals surface area (Å²) in [5.74, 6) is 0. The van der Waals surface area contributed by atoms with Gasteiger partial charge in [-0.2, -0.15) is 0 Å². The lowest BCUT2D eigenvalue weighted by Gasteiger charge is -2.11. The molecule has 5 heterocycles. The number of hydrogen-bond acceptors (Lipinski definition) is 2. The normalized spacial score (nSPS) is 24.5. The smallest absolute Gasteiger partial charge is 0.0687 e. The van der Waals surface area contributed by atoms with Crippen LogP contribution in [0, 0.1) is 0 Å². The van der Waals surface area contributed by atoms with Gasteiger partial charge in [0.15, 0.2) is 0 Å². The summed E-state index contributed by atoms with van der Waals surface area (Å²) in [6, 6.07) is 0.416. The molecule has 0 aliphatic carbocycles. The topological polar surface area (TPSA) is 55.6 Å². The van der Waals surface area contributed by atoms with E-state index in [0.717, 1.165) is 51.4 Å². The summed E-state index contributed by atoms with van der Waals surface area (Å²) in [5, 5.41) is 10.5. The molecule has 2 aromatic rings. The van der Waals surface area contributed by atoms with Crippen molar-refractivity contribution in [2.45, 2.75) is 119 Å². The highest BCUT2D eigenvalue weighted by atomic mass is 15.0. The van der Waals surface area contributed by atoms with Crippen LogP contribution in [0.5, 0.6) is 0 Å². The second kappa shape index (κ2) is 11.8. The Morgan fingerprint density at radius 1 is 0.475 bits per heavy atom. The second-order valence-electron chi connectivity index (χ2n) is 11.3. The van der Waals surface area contributed by atoms with Crippen molar-refractivity contribution in [3.05, 3.63) is 78.0 Å². The summed E-state index contributed by atoms with van der Waals surface area (Å²) in [4.78, 5) is 7.80. The van der Waals surface area contributed by atoms with Gasteiger partial charge in [-0.25, -0.2) is 0 Å². The SMILES string of the molecule is CCC1=C(CC)C2/C=c3\[nH]/c(c(CC)c3CC)=C\C3N/C(=C\c4[nH]c(c(CC)c4CC)/C=C/1N2)C(CC)=C3CC. The molecule has 3 aliphatic heterocycles. The molecule has 40 heavy (non-hydrogen) atoms. The van der Waals surface area contributed by atoms with Gasteiger partial charge in [-0.1, -0.05) is 55.4 Å². The number of aromatic amines is 2. The predicted octanol–water partition coefficient (Wildman–Crippen LogP) is 6.73. The van der Waals surface area contributed by atoms with Crippen LogP contribution in [0.4, 0.5) is 0 Å². The zero-order chi connectivity index (χ0) is 28.6. The largest absolute Gasteiger partial charge is 0.375 e. The van der Waals surface area contributed by atoms with Gasteiger partial charge in [0.2, 0.25) is 0 Å². The van der Waals surface area contributed by atoms with Crippen molar-refractivity contribution in [3.8, 4) is 0 Å². The molecule has 4 heteroatoms. The van der Waals surface area contributed by atoms with Crippen LogP contribution >= 0.6 is 0 Å². The predicted molar refractivity (Wildman–Crippen MR) is 172 cm³/mol. The minimum Gasteiger partial charge on any atom is -0.375 e. The number of H-pyrrole nitrogens is 2. The lowest BCUT2D eigenvalue weighted by atomic mass is 9.97. The number of allylic oxidation sites excluding steroid dienone is 2. The molecule has 4 nitrogen and oxygen atoms in total. The lowest BCUT2D eigenvalue weighted by molar-refractivity contribution is 0.811. The maximum absolute atomic E-state index is 3.96. The van der Waals surface area contributed by atoms with Crippen LogP contribution < -0.4 is 21.3 Å². The minimum absolute atomic E-state index is 0.208. The fourth-order valence-corrected chi connectivity index (χ4v) is 7.66. The first-order valence-electron chi connectivity index (χ1n) is 16.0. The molecule has 3 aliphatic rings. The van der Waals surface area contributed by atoms with Crippen LogP contribution in [0.25, 0.3) is 24.3 Å². The molecular weight excluding hydrogens is 488 g/mol. The lowest BCUT2D eigenvalue weighted by Crippen LogP contribution is -2.27. The highest BCUT2D eigenvalue weighted by molar-refractivity contribution is 5.71. The molecule has 2 unspecified atom stereocenters. The average Bonchev–Trinajstić information content (AvgIpc) is 3.67. The van der Waals surface area contributed by atoms with Crippen molar-refractivity contribution in [1.29, 1.82) is 0 Å². The molecule has 2 atom stereocenters. The van der Waals surface area contributed by atoms with Gasteiger partial charge >= 0.3 is 0 Å². The number of hydrogen-bond donors (Lipinski definition) is 4. The minimum atomic E-state index is 0.208. The Morgan fingerprint density at radius 3 is 1.20 bits per heavy atom. The molecule has 8 bridgehead atoms. The highest BCUT2D eigenvalue weighted by Crippen LogP contribution is 2.35. The van der Waals surface area contributed by atoms with E-state index in [1.807, 2.05) is 0 Å². The Morgan fingerprint density at radius 2 is 0.875 bits per heavy atom. The molecule has 0 saturated heterocycles. The van der Waals surface area contributed by atoms with Crippen LogP contribution in [0.3, 0.4) is 0 Å². The Kier molecular flexibility index (Phi) is 8.35. The van der Waals surface area contributed by atoms with Crippen LogP contribution in [-0.2, 0) is 25.7 Å². The summed E-state index contributed by atoms with van der Waals surface area (Å²) in [6.07, 6.45) is 18.0. The van der Waals surface area contributed by atoms with Crippen molar-refractivity contribution in [1.82, 2.24) is 20.6 Å². The van der Waals surface area contributed by atoms with Gasteiger partial charge in [-0.15, -0.1) is 0 Å². The quantitative estimate of drug-likeness (QED) is 0.301. The van der Waals surface area contributed by atoms with Crippen molar-refractivity contribution in [3.63, 3.8) is 0 Å². The Bertz CT molecular complexity index is 1420. The zero-order valence-electron chi connectivity index (χ0n) is 26.1. The van der Waals surface area contributed by atoms with Crippen molar-refractivity contribution < 1.29 is 0 Å². The molecule has 4 N–H and O–H groups in total. The van der Waals surface area contributed by atoms with E-state index in [1.54, 1.807) is 0 Å². The molecule has 0 aromatic carbocycles. The van der Waals surface area contributed by atoms with Gasteiger partial charge in [0, 0.05) is 33.5 Å². The van der Waals surface area contributed by atoms with Gasteiger partial charge in [-0.05, 0) is 120 Å². The maximum Gasteiger partial charge on any atom is 0.0687 e. The third-order valence-corrected chi connectivity index (χ3v) is 9.49. The van der Waals surface area contributed by atoms with E-state index in [4.69, 9.17) is 0 Å². The van der Waals surface area contributed by atoms with Crippen molar-refractivity contribution in [2.24, 2.45) is 0 Å². The van der Waals surface area contributed by atoms with E-state index in [9.17, 15) is 0 Å². The van der Waals surface area contributed by atoms with Gasteiger partial charge in [-0.3, -0.25) is 0 Å². The fourth-order valence-electron chi connectivity index (χ4n) is 7.66. The second-order valence-corrected chi connectivity index (χ2v) is 11.3. The van der Waals surface area contributed by atoms with Crippen LogP contribution in [0.2, 0.25) is 0 Å². The fraction of sp³-hybridized carbons (Fsp3) is 0.500. The van der Waals surface area contributed by atoms with Crippen LogP contribution in [0.1, 0.15) is 115 Å². The molecule has 2 aromatic heterocycles. The monoisotopic (exact) mass is 538 g/mol. The van der Waals surface area contributed by atoms with Crippen LogP contribution in [0.15, 0.2) is 33.7 Å². The standard InChI is InChI=1S/C36H50N4/c1-9-21-22(10-2)30-18-32-25(13-5)26(14-6)34(39-32)20-36-28(16-8)27(15-7)35(40-36)19-33-24(12-4)23(11-3)31(38-33)17-29(21)37-30/h17-20,29,35,37-40H,9-16H2,1-8H3/b30-18-,31-17-,33-19-,36-20-. The summed E-state index contributed by atoms with van der Waals surface area (Å²) < 4.78 is 0.